The Labute approximate surface area is 107 Å². The van der Waals surface area contributed by atoms with Gasteiger partial charge in [-0.05, 0) is 12.1 Å². The van der Waals surface area contributed by atoms with Crippen LogP contribution in [-0.2, 0) is 0 Å². The van der Waals surface area contributed by atoms with Gasteiger partial charge in [-0.15, -0.1) is 11.3 Å². The summed E-state index contributed by atoms with van der Waals surface area (Å²) >= 11 is 1.25. The van der Waals surface area contributed by atoms with Gasteiger partial charge < -0.3 is 16.3 Å². The van der Waals surface area contributed by atoms with Crippen LogP contribution in [0.5, 0.6) is 0 Å². The molecule has 0 radical (unpaired) electrons. The first-order valence-electron chi connectivity index (χ1n) is 4.98. The van der Waals surface area contributed by atoms with Crippen LogP contribution in [0.4, 0.5) is 5.69 Å². The quantitative estimate of drug-likeness (QED) is 0.337. The third-order valence-corrected chi connectivity index (χ3v) is 2.95. The number of nitrogens with zero attached hydrogens (tertiary/aromatic N) is 2. The maximum absolute atomic E-state index is 11.8. The van der Waals surface area contributed by atoms with Crippen molar-refractivity contribution in [2.45, 2.75) is 0 Å². The number of benzene rings is 1. The van der Waals surface area contributed by atoms with E-state index in [1.807, 2.05) is 0 Å². The summed E-state index contributed by atoms with van der Waals surface area (Å²) in [5.74, 6) is -0.252. The van der Waals surface area contributed by atoms with Crippen molar-refractivity contribution >= 4 is 28.8 Å². The van der Waals surface area contributed by atoms with Crippen LogP contribution in [0.25, 0.3) is 0 Å². The molecule has 0 saturated heterocycles. The molecule has 6 nitrogen and oxygen atoms in total. The lowest BCUT2D eigenvalue weighted by molar-refractivity contribution is 0.103. The van der Waals surface area contributed by atoms with Gasteiger partial charge in [-0.2, -0.15) is 0 Å². The number of hydrogen-bond donors (Lipinski definition) is 3. The van der Waals surface area contributed by atoms with Crippen molar-refractivity contribution in [3.63, 3.8) is 0 Å². The molecule has 1 heterocycles. The van der Waals surface area contributed by atoms with Crippen molar-refractivity contribution in [2.75, 3.05) is 5.32 Å². The van der Waals surface area contributed by atoms with E-state index < -0.39 is 0 Å². The Morgan fingerprint density at radius 2 is 2.33 bits per heavy atom. The molecule has 92 valence electrons. The molecular formula is C11H10N4O2S. The third kappa shape index (κ3) is 2.64. The lowest BCUT2D eigenvalue weighted by Crippen LogP contribution is -2.14. The van der Waals surface area contributed by atoms with Crippen molar-refractivity contribution in [3.05, 3.63) is 46.4 Å². The Hall–Kier alpha value is -2.41. The van der Waals surface area contributed by atoms with Crippen LogP contribution in [0.3, 0.4) is 0 Å². The number of nitrogens with two attached hydrogens (primary N) is 1. The third-order valence-electron chi connectivity index (χ3n) is 2.18. The van der Waals surface area contributed by atoms with Gasteiger partial charge in [0.2, 0.25) is 0 Å². The Kier molecular flexibility index (Phi) is 3.54. The van der Waals surface area contributed by atoms with E-state index in [0.29, 0.717) is 16.1 Å². The molecule has 1 aromatic heterocycles. The van der Waals surface area contributed by atoms with E-state index in [-0.39, 0.29) is 11.7 Å². The molecular weight excluding hydrogens is 252 g/mol. The smallest absolute Gasteiger partial charge is 0.267 e. The number of carbonyl (C=O) groups is 1. The minimum absolute atomic E-state index is 0.0103. The van der Waals surface area contributed by atoms with Gasteiger partial charge in [-0.1, -0.05) is 17.3 Å². The van der Waals surface area contributed by atoms with Crippen LogP contribution in [0, 0.1) is 0 Å². The molecule has 0 saturated carbocycles. The summed E-state index contributed by atoms with van der Waals surface area (Å²) < 4.78 is 0. The summed E-state index contributed by atoms with van der Waals surface area (Å²) in [6.07, 6.45) is 1.49. The van der Waals surface area contributed by atoms with Crippen LogP contribution in [0.2, 0.25) is 0 Å². The number of anilines is 1. The standard InChI is InChI=1S/C11H10N4O2S/c12-10(15-17)7-2-1-3-8(4-7)14-11(16)9-5-13-6-18-9/h1-6,17H,(H2,12,15)(H,14,16). The maximum Gasteiger partial charge on any atom is 0.267 e. The Balaban J connectivity index is 2.17. The van der Waals surface area contributed by atoms with Crippen LogP contribution in [0.1, 0.15) is 15.2 Å². The van der Waals surface area contributed by atoms with Crippen molar-refractivity contribution < 1.29 is 10.0 Å². The molecule has 7 heteroatoms. The molecule has 0 aliphatic carbocycles. The van der Waals surface area contributed by atoms with E-state index in [9.17, 15) is 4.79 Å². The molecule has 0 atom stereocenters. The monoisotopic (exact) mass is 262 g/mol. The minimum atomic E-state index is -0.242. The highest BCUT2D eigenvalue weighted by Gasteiger charge is 2.08. The summed E-state index contributed by atoms with van der Waals surface area (Å²) in [7, 11) is 0. The number of nitrogens with one attached hydrogen (secondary N) is 1. The molecule has 0 unspecified atom stereocenters. The molecule has 0 aliphatic heterocycles. The molecule has 1 amide bonds. The second-order valence-electron chi connectivity index (χ2n) is 3.39. The van der Waals surface area contributed by atoms with Gasteiger partial charge in [0.05, 0.1) is 11.7 Å². The van der Waals surface area contributed by atoms with E-state index in [1.54, 1.807) is 29.8 Å². The van der Waals surface area contributed by atoms with Gasteiger partial charge >= 0.3 is 0 Å². The molecule has 0 bridgehead atoms. The van der Waals surface area contributed by atoms with Crippen LogP contribution < -0.4 is 11.1 Å². The first-order chi connectivity index (χ1) is 8.70. The molecule has 0 spiro atoms. The summed E-state index contributed by atoms with van der Waals surface area (Å²) in [6.45, 7) is 0. The molecule has 4 N–H and O–H groups in total. The molecule has 2 rings (SSSR count). The van der Waals surface area contributed by atoms with E-state index in [0.717, 1.165) is 0 Å². The number of aromatic nitrogens is 1. The van der Waals surface area contributed by atoms with Crippen LogP contribution in [0.15, 0.2) is 41.1 Å². The number of thiazole rings is 1. The number of oxime groups is 1. The van der Waals surface area contributed by atoms with E-state index in [2.05, 4.69) is 15.5 Å². The number of amidine groups is 1. The van der Waals surface area contributed by atoms with Crippen LogP contribution >= 0.6 is 11.3 Å². The van der Waals surface area contributed by atoms with Crippen molar-refractivity contribution in [1.82, 2.24) is 4.98 Å². The van der Waals surface area contributed by atoms with Crippen LogP contribution in [-0.4, -0.2) is 21.9 Å². The van der Waals surface area contributed by atoms with Gasteiger partial charge in [0.1, 0.15) is 4.88 Å². The van der Waals surface area contributed by atoms with Gasteiger partial charge in [0, 0.05) is 11.3 Å². The molecule has 0 aliphatic rings. The average Bonchev–Trinajstić information content (AvgIpc) is 2.92. The second-order valence-corrected chi connectivity index (χ2v) is 4.27. The van der Waals surface area contributed by atoms with Gasteiger partial charge in [-0.25, -0.2) is 0 Å². The highest BCUT2D eigenvalue weighted by atomic mass is 32.1. The van der Waals surface area contributed by atoms with E-state index in [4.69, 9.17) is 10.9 Å². The van der Waals surface area contributed by atoms with Crippen molar-refractivity contribution in [2.24, 2.45) is 10.9 Å². The lowest BCUT2D eigenvalue weighted by Gasteiger charge is -2.05. The predicted molar refractivity (Wildman–Crippen MR) is 69.0 cm³/mol. The Bertz CT molecular complexity index is 580. The molecule has 2 aromatic rings. The normalized spacial score (nSPS) is 11.2. The van der Waals surface area contributed by atoms with Gasteiger partial charge in [0.25, 0.3) is 5.91 Å². The molecule has 18 heavy (non-hydrogen) atoms. The average molecular weight is 262 g/mol. The summed E-state index contributed by atoms with van der Waals surface area (Å²) in [4.78, 5) is 16.1. The predicted octanol–water partition coefficient (Wildman–Crippen LogP) is 1.49. The lowest BCUT2D eigenvalue weighted by atomic mass is 10.2. The number of amides is 1. The summed E-state index contributed by atoms with van der Waals surface area (Å²) in [5, 5.41) is 14.2. The van der Waals surface area contributed by atoms with Crippen molar-refractivity contribution in [3.8, 4) is 0 Å². The summed E-state index contributed by atoms with van der Waals surface area (Å²) in [5.41, 5.74) is 8.15. The maximum atomic E-state index is 11.8. The molecule has 1 aromatic carbocycles. The fraction of sp³-hybridized carbons (Fsp3) is 0. The topological polar surface area (TPSA) is 101 Å². The fourth-order valence-electron chi connectivity index (χ4n) is 1.33. The van der Waals surface area contributed by atoms with E-state index in [1.165, 1.54) is 17.5 Å². The number of carbonyl (C=O) groups excluding carboxylic acids is 1. The number of rotatable bonds is 3. The van der Waals surface area contributed by atoms with Gasteiger partial charge in [0.15, 0.2) is 5.84 Å². The fourth-order valence-corrected chi connectivity index (χ4v) is 1.85. The summed E-state index contributed by atoms with van der Waals surface area (Å²) in [6, 6.07) is 6.72. The first-order valence-corrected chi connectivity index (χ1v) is 5.86. The Morgan fingerprint density at radius 3 is 3.00 bits per heavy atom. The zero-order valence-electron chi connectivity index (χ0n) is 9.20. The van der Waals surface area contributed by atoms with E-state index >= 15 is 0 Å². The second kappa shape index (κ2) is 5.28. The van der Waals surface area contributed by atoms with Crippen molar-refractivity contribution in [1.29, 1.82) is 0 Å². The van der Waals surface area contributed by atoms with Gasteiger partial charge in [-0.3, -0.25) is 9.78 Å². The minimum Gasteiger partial charge on any atom is -0.409 e. The highest BCUT2D eigenvalue weighted by Crippen LogP contribution is 2.13. The molecule has 0 fully saturated rings. The highest BCUT2D eigenvalue weighted by molar-refractivity contribution is 7.11. The number of hydrogen-bond acceptors (Lipinski definition) is 5. The zero-order valence-corrected chi connectivity index (χ0v) is 10.0. The SMILES string of the molecule is N/C(=N/O)c1cccc(NC(=O)c2cncs2)c1. The zero-order chi connectivity index (χ0) is 13.0. The Morgan fingerprint density at radius 1 is 1.50 bits per heavy atom. The largest absolute Gasteiger partial charge is 0.409 e. The first kappa shape index (κ1) is 12.1.